The Hall–Kier alpha value is -3.20. The van der Waals surface area contributed by atoms with Crippen LogP contribution in [0.5, 0.6) is 5.75 Å². The van der Waals surface area contributed by atoms with E-state index in [9.17, 15) is 14.0 Å². The number of hydrogen-bond acceptors (Lipinski definition) is 7. The number of methoxy groups -OCH3 is 1. The van der Waals surface area contributed by atoms with E-state index in [-0.39, 0.29) is 29.1 Å². The molecule has 0 bridgehead atoms. The molecule has 1 aromatic carbocycles. The zero-order valence-corrected chi connectivity index (χ0v) is 21.9. The lowest BCUT2D eigenvalue weighted by molar-refractivity contribution is 0.0523. The second-order valence-corrected chi connectivity index (χ2v) is 11.4. The van der Waals surface area contributed by atoms with Crippen molar-refractivity contribution in [3.8, 4) is 27.4 Å². The second kappa shape index (κ2) is 9.03. The summed E-state index contributed by atoms with van der Waals surface area (Å²) in [7, 11) is 1.62. The smallest absolute Gasteiger partial charge is 0.343 e. The number of alkyl halides is 1. The molecule has 1 fully saturated rings. The lowest BCUT2D eigenvalue weighted by Crippen LogP contribution is -2.48. The van der Waals surface area contributed by atoms with Gasteiger partial charge in [0.25, 0.3) is 0 Å². The number of carbonyl (C=O) groups is 1. The fraction of sp³-hybridized carbons (Fsp3) is 0.444. The summed E-state index contributed by atoms with van der Waals surface area (Å²) < 4.78 is 26.3. The van der Waals surface area contributed by atoms with Gasteiger partial charge in [-0.1, -0.05) is 32.1 Å². The molecule has 0 amide bonds. The number of fused-ring (bicyclic) bond motifs is 3. The quantitative estimate of drug-likeness (QED) is 0.443. The molecule has 3 aromatic rings. The Bertz CT molecular complexity index is 1380. The maximum atomic E-state index is 13.3. The van der Waals surface area contributed by atoms with Gasteiger partial charge in [0, 0.05) is 35.6 Å². The molecule has 2 aliphatic rings. The zero-order chi connectivity index (χ0) is 25.8. The van der Waals surface area contributed by atoms with E-state index in [1.807, 2.05) is 21.7 Å². The maximum Gasteiger partial charge on any atom is 0.343 e. The summed E-state index contributed by atoms with van der Waals surface area (Å²) in [4.78, 5) is 32.8. The van der Waals surface area contributed by atoms with Crippen LogP contribution in [0.25, 0.3) is 21.7 Å². The highest BCUT2D eigenvalue weighted by atomic mass is 32.1. The highest BCUT2D eigenvalue weighted by molar-refractivity contribution is 7.19. The molecule has 9 heteroatoms. The van der Waals surface area contributed by atoms with Crippen molar-refractivity contribution in [3.63, 3.8) is 0 Å². The number of esters is 1. The normalized spacial score (nSPS) is 17.3. The highest BCUT2D eigenvalue weighted by Crippen LogP contribution is 2.47. The SMILES string of the molecule is CCOC(=O)c1cn2c(cc1=O)-c1cc(OC)c(-c3cnc(N4CC(F)C4)s3)cc1CC2C(C)(C)C. The third kappa shape index (κ3) is 4.19. The Labute approximate surface area is 213 Å². The molecule has 1 atom stereocenters. The molecule has 0 aliphatic carbocycles. The number of benzene rings is 1. The first-order valence-corrected chi connectivity index (χ1v) is 12.9. The number of hydrogen-bond donors (Lipinski definition) is 0. The van der Waals surface area contributed by atoms with E-state index < -0.39 is 12.1 Å². The fourth-order valence-corrected chi connectivity index (χ4v) is 5.88. The highest BCUT2D eigenvalue weighted by Gasteiger charge is 2.35. The fourth-order valence-electron chi connectivity index (χ4n) is 4.93. The van der Waals surface area contributed by atoms with Gasteiger partial charge in [-0.3, -0.25) is 4.79 Å². The summed E-state index contributed by atoms with van der Waals surface area (Å²) in [5, 5.41) is 0.801. The monoisotopic (exact) mass is 511 g/mol. The van der Waals surface area contributed by atoms with Gasteiger partial charge >= 0.3 is 5.97 Å². The van der Waals surface area contributed by atoms with E-state index in [2.05, 4.69) is 31.8 Å². The van der Waals surface area contributed by atoms with Crippen molar-refractivity contribution >= 4 is 22.4 Å². The molecule has 1 unspecified atom stereocenters. The Morgan fingerprint density at radius 3 is 2.61 bits per heavy atom. The summed E-state index contributed by atoms with van der Waals surface area (Å²) in [5.74, 6) is 0.0603. The van der Waals surface area contributed by atoms with Crippen LogP contribution >= 0.6 is 11.3 Å². The first-order valence-electron chi connectivity index (χ1n) is 12.1. The molecule has 2 aliphatic heterocycles. The Morgan fingerprint density at radius 1 is 1.22 bits per heavy atom. The predicted molar refractivity (Wildman–Crippen MR) is 139 cm³/mol. The van der Waals surface area contributed by atoms with Crippen molar-refractivity contribution in [1.29, 1.82) is 0 Å². The number of thiazole rings is 1. The molecule has 0 saturated carbocycles. The number of pyridine rings is 1. The van der Waals surface area contributed by atoms with Crippen LogP contribution in [0.4, 0.5) is 9.52 Å². The molecular weight excluding hydrogens is 481 g/mol. The molecule has 190 valence electrons. The largest absolute Gasteiger partial charge is 0.496 e. The molecule has 0 N–H and O–H groups in total. The number of anilines is 1. The van der Waals surface area contributed by atoms with Crippen molar-refractivity contribution in [2.45, 2.75) is 46.3 Å². The number of aromatic nitrogens is 2. The molecule has 36 heavy (non-hydrogen) atoms. The molecule has 7 nitrogen and oxygen atoms in total. The van der Waals surface area contributed by atoms with E-state index in [0.29, 0.717) is 18.8 Å². The molecule has 2 aromatic heterocycles. The number of rotatable bonds is 5. The summed E-state index contributed by atoms with van der Waals surface area (Å²) in [6.45, 7) is 9.14. The first kappa shape index (κ1) is 24.5. The van der Waals surface area contributed by atoms with Crippen LogP contribution in [0, 0.1) is 5.41 Å². The van der Waals surface area contributed by atoms with E-state index in [0.717, 1.165) is 38.8 Å². The summed E-state index contributed by atoms with van der Waals surface area (Å²) in [6, 6.07) is 5.62. The van der Waals surface area contributed by atoms with Crippen molar-refractivity contribution in [3.05, 3.63) is 51.9 Å². The van der Waals surface area contributed by atoms with Crippen LogP contribution in [0.2, 0.25) is 0 Å². The van der Waals surface area contributed by atoms with Crippen LogP contribution in [-0.2, 0) is 11.2 Å². The van der Waals surface area contributed by atoms with Gasteiger partial charge in [0.2, 0.25) is 0 Å². The minimum atomic E-state index is -0.794. The van der Waals surface area contributed by atoms with Crippen LogP contribution in [-0.4, -0.2) is 48.5 Å². The molecule has 5 rings (SSSR count). The molecular formula is C27H30FN3O4S. The average Bonchev–Trinajstić information content (AvgIpc) is 3.29. The van der Waals surface area contributed by atoms with Crippen LogP contribution in [0.15, 0.2) is 35.4 Å². The summed E-state index contributed by atoms with van der Waals surface area (Å²) >= 11 is 1.52. The number of carbonyl (C=O) groups excluding carboxylic acids is 1. The Balaban J connectivity index is 1.63. The molecule has 4 heterocycles. The minimum absolute atomic E-state index is 0.00891. The Morgan fingerprint density at radius 2 is 1.97 bits per heavy atom. The van der Waals surface area contributed by atoms with Gasteiger partial charge < -0.3 is 18.9 Å². The van der Waals surface area contributed by atoms with Gasteiger partial charge in [0.05, 0.1) is 37.4 Å². The second-order valence-electron chi connectivity index (χ2n) is 10.4. The van der Waals surface area contributed by atoms with Gasteiger partial charge in [-0.25, -0.2) is 14.2 Å². The third-order valence-electron chi connectivity index (χ3n) is 6.89. The zero-order valence-electron chi connectivity index (χ0n) is 21.1. The minimum Gasteiger partial charge on any atom is -0.496 e. The van der Waals surface area contributed by atoms with Crippen molar-refractivity contribution < 1.29 is 18.7 Å². The number of ether oxygens (including phenoxy) is 2. The van der Waals surface area contributed by atoms with E-state index >= 15 is 0 Å². The standard InChI is InChI=1S/C27H30FN3O4S/c1-6-35-25(33)19-14-31-20(10-21(19)32)17-9-22(34-5)18(7-15(17)8-24(31)27(2,3)4)23-11-29-26(36-23)30-12-16(28)13-30/h7,9-11,14,16,24H,6,8,12-13H2,1-5H3. The van der Waals surface area contributed by atoms with Gasteiger partial charge in [0.15, 0.2) is 10.6 Å². The molecule has 1 saturated heterocycles. The van der Waals surface area contributed by atoms with Crippen molar-refractivity contribution in [2.75, 3.05) is 31.7 Å². The first-order chi connectivity index (χ1) is 17.1. The topological polar surface area (TPSA) is 73.7 Å². The van der Waals surface area contributed by atoms with Crippen LogP contribution in [0.1, 0.15) is 49.7 Å². The van der Waals surface area contributed by atoms with E-state index in [4.69, 9.17) is 9.47 Å². The lowest BCUT2D eigenvalue weighted by Gasteiger charge is -2.39. The molecule has 0 spiro atoms. The Kier molecular flexibility index (Phi) is 6.14. The third-order valence-corrected chi connectivity index (χ3v) is 7.98. The van der Waals surface area contributed by atoms with Crippen molar-refractivity contribution in [2.24, 2.45) is 5.41 Å². The van der Waals surface area contributed by atoms with Crippen LogP contribution < -0.4 is 15.1 Å². The van der Waals surface area contributed by atoms with E-state index in [1.54, 1.807) is 20.2 Å². The molecule has 0 radical (unpaired) electrons. The summed E-state index contributed by atoms with van der Waals surface area (Å²) in [6.07, 6.45) is 3.38. The lowest BCUT2D eigenvalue weighted by atomic mass is 9.78. The van der Waals surface area contributed by atoms with Gasteiger partial charge in [0.1, 0.15) is 17.5 Å². The predicted octanol–water partition coefficient (Wildman–Crippen LogP) is 5.13. The van der Waals surface area contributed by atoms with Gasteiger partial charge in [-0.15, -0.1) is 0 Å². The van der Waals surface area contributed by atoms with Gasteiger partial charge in [-0.2, -0.15) is 0 Å². The number of nitrogens with zero attached hydrogens (tertiary/aromatic N) is 3. The average molecular weight is 512 g/mol. The van der Waals surface area contributed by atoms with Gasteiger partial charge in [-0.05, 0) is 36.5 Å². The summed E-state index contributed by atoms with van der Waals surface area (Å²) in [5.41, 5.74) is 3.19. The number of halogens is 1. The maximum absolute atomic E-state index is 13.3. The van der Waals surface area contributed by atoms with Crippen LogP contribution in [0.3, 0.4) is 0 Å². The van der Waals surface area contributed by atoms with E-state index in [1.165, 1.54) is 17.4 Å². The van der Waals surface area contributed by atoms with Crippen molar-refractivity contribution in [1.82, 2.24) is 9.55 Å².